The van der Waals surface area contributed by atoms with E-state index in [1.165, 1.54) is 12.1 Å². The van der Waals surface area contributed by atoms with E-state index < -0.39 is 0 Å². The number of carbonyl (C=O) groups is 1. The van der Waals surface area contributed by atoms with E-state index in [0.29, 0.717) is 11.0 Å². The number of benzene rings is 2. The summed E-state index contributed by atoms with van der Waals surface area (Å²) < 4.78 is 0. The van der Waals surface area contributed by atoms with Gasteiger partial charge in [-0.3, -0.25) is 4.79 Å². The second-order valence-corrected chi connectivity index (χ2v) is 9.08. The quantitative estimate of drug-likeness (QED) is 0.489. The average Bonchev–Trinajstić information content (AvgIpc) is 2.77. The van der Waals surface area contributed by atoms with Gasteiger partial charge in [-0.2, -0.15) is 4.98 Å². The van der Waals surface area contributed by atoms with Crippen LogP contribution in [0.1, 0.15) is 36.0 Å². The van der Waals surface area contributed by atoms with Crippen molar-refractivity contribution in [2.45, 2.75) is 37.8 Å². The van der Waals surface area contributed by atoms with Crippen molar-refractivity contribution in [1.82, 2.24) is 15.3 Å². The number of carbonyl (C=O) groups excluding carboxylic acids is 1. The van der Waals surface area contributed by atoms with E-state index in [1.54, 1.807) is 0 Å². The fraction of sp³-hybridized carbons (Fsp3) is 0.348. The molecule has 1 aromatic heterocycles. The Morgan fingerprint density at radius 2 is 1.75 bits per heavy atom. The number of nitrogens with zero attached hydrogens (tertiary/aromatic N) is 3. The smallest absolute Gasteiger partial charge is 0.255 e. The highest BCUT2D eigenvalue weighted by molar-refractivity contribution is 6.36. The number of para-hydroxylation sites is 1. The van der Waals surface area contributed by atoms with Gasteiger partial charge in [-0.25, -0.2) is 4.98 Å². The molecular weight excluding hydrogens is 449 g/mol. The van der Waals surface area contributed by atoms with Crippen LogP contribution in [0, 0.1) is 0 Å². The molecular formula is C23H25Cl2N5O2. The molecule has 1 heterocycles. The highest BCUT2D eigenvalue weighted by Crippen LogP contribution is 2.32. The van der Waals surface area contributed by atoms with Gasteiger partial charge in [-0.05, 0) is 49.9 Å². The number of fused-ring (bicyclic) bond motifs is 1. The van der Waals surface area contributed by atoms with Gasteiger partial charge in [0.15, 0.2) is 0 Å². The molecule has 0 atom stereocenters. The third-order valence-electron chi connectivity index (χ3n) is 5.68. The van der Waals surface area contributed by atoms with Crippen molar-refractivity contribution in [3.8, 4) is 5.75 Å². The summed E-state index contributed by atoms with van der Waals surface area (Å²) in [5, 5.41) is 17.9. The molecule has 7 nitrogen and oxygen atoms in total. The van der Waals surface area contributed by atoms with E-state index >= 15 is 0 Å². The van der Waals surface area contributed by atoms with Crippen LogP contribution in [0.2, 0.25) is 10.0 Å². The molecule has 0 spiro atoms. The molecule has 0 aliphatic heterocycles. The number of rotatable bonds is 5. The number of nitrogens with one attached hydrogen (secondary N) is 2. The molecule has 0 unspecified atom stereocenters. The monoisotopic (exact) mass is 473 g/mol. The summed E-state index contributed by atoms with van der Waals surface area (Å²) in [6, 6.07) is 11.0. The minimum atomic E-state index is -0.378. The van der Waals surface area contributed by atoms with Crippen LogP contribution in [0.4, 0.5) is 11.8 Å². The van der Waals surface area contributed by atoms with Crippen LogP contribution in [-0.2, 0) is 0 Å². The number of hydrogen-bond acceptors (Lipinski definition) is 6. The molecule has 1 amide bonds. The third kappa shape index (κ3) is 4.84. The molecule has 168 valence electrons. The Labute approximate surface area is 196 Å². The van der Waals surface area contributed by atoms with E-state index in [2.05, 4.69) is 15.6 Å². The summed E-state index contributed by atoms with van der Waals surface area (Å²) in [4.78, 5) is 24.0. The summed E-state index contributed by atoms with van der Waals surface area (Å²) in [6.45, 7) is 0. The molecule has 1 fully saturated rings. The lowest BCUT2D eigenvalue weighted by Crippen LogP contribution is -2.40. The highest BCUT2D eigenvalue weighted by Gasteiger charge is 2.25. The standard InChI is InChI=1S/C23H25Cl2N5O2/c1-30(2)21-16-5-3-4-6-19(16)28-23(29-21)27-15-9-7-14(8-10-15)26-22(32)17-11-13(24)12-18(25)20(17)31/h3-6,11-12,14-15,31H,7-10H2,1-2H3,(H,26,32)(H,27,28,29)/t14-,15+. The molecule has 2 aromatic carbocycles. The molecule has 1 saturated carbocycles. The number of anilines is 2. The number of aromatic hydroxyl groups is 1. The number of halogens is 2. The van der Waals surface area contributed by atoms with Crippen LogP contribution in [0.25, 0.3) is 10.9 Å². The van der Waals surface area contributed by atoms with Crippen molar-refractivity contribution in [1.29, 1.82) is 0 Å². The number of aromatic nitrogens is 2. The Kier molecular flexibility index (Phi) is 6.58. The molecule has 32 heavy (non-hydrogen) atoms. The summed E-state index contributed by atoms with van der Waals surface area (Å²) in [5.41, 5.74) is 0.984. The van der Waals surface area contributed by atoms with Gasteiger partial charge in [0.2, 0.25) is 5.95 Å². The van der Waals surface area contributed by atoms with Crippen LogP contribution >= 0.6 is 23.2 Å². The zero-order valence-corrected chi connectivity index (χ0v) is 19.4. The number of hydrogen-bond donors (Lipinski definition) is 3. The molecule has 0 bridgehead atoms. The van der Waals surface area contributed by atoms with Crippen LogP contribution in [0.15, 0.2) is 36.4 Å². The SMILES string of the molecule is CN(C)c1nc(N[C@H]2CC[C@@H](NC(=O)c3cc(Cl)cc(Cl)c3O)CC2)nc2ccccc12. The van der Waals surface area contributed by atoms with E-state index in [4.69, 9.17) is 28.2 Å². The summed E-state index contributed by atoms with van der Waals surface area (Å²) >= 11 is 11.9. The second-order valence-electron chi connectivity index (χ2n) is 8.23. The van der Waals surface area contributed by atoms with Crippen molar-refractivity contribution < 1.29 is 9.90 Å². The molecule has 1 aliphatic carbocycles. The van der Waals surface area contributed by atoms with Crippen LogP contribution < -0.4 is 15.5 Å². The lowest BCUT2D eigenvalue weighted by atomic mass is 9.91. The maximum Gasteiger partial charge on any atom is 0.255 e. The maximum absolute atomic E-state index is 12.6. The predicted octanol–water partition coefficient (Wildman–Crippen LogP) is 4.86. The summed E-state index contributed by atoms with van der Waals surface area (Å²) in [7, 11) is 3.94. The van der Waals surface area contributed by atoms with E-state index in [1.807, 2.05) is 43.3 Å². The van der Waals surface area contributed by atoms with Gasteiger partial charge < -0.3 is 20.6 Å². The zero-order chi connectivity index (χ0) is 22.8. The molecule has 3 N–H and O–H groups in total. The van der Waals surface area contributed by atoms with Crippen molar-refractivity contribution in [2.24, 2.45) is 0 Å². The highest BCUT2D eigenvalue weighted by atomic mass is 35.5. The number of phenols is 1. The normalized spacial score (nSPS) is 18.4. The Morgan fingerprint density at radius 3 is 2.47 bits per heavy atom. The van der Waals surface area contributed by atoms with Crippen LogP contribution in [0.3, 0.4) is 0 Å². The topological polar surface area (TPSA) is 90.4 Å². The fourth-order valence-electron chi connectivity index (χ4n) is 4.03. The van der Waals surface area contributed by atoms with Gasteiger partial charge in [0.25, 0.3) is 5.91 Å². The van der Waals surface area contributed by atoms with Crippen molar-refractivity contribution >= 4 is 51.8 Å². The number of amides is 1. The first kappa shape index (κ1) is 22.4. The maximum atomic E-state index is 12.6. The second kappa shape index (κ2) is 9.38. The van der Waals surface area contributed by atoms with Gasteiger partial charge >= 0.3 is 0 Å². The van der Waals surface area contributed by atoms with Crippen molar-refractivity contribution in [2.75, 3.05) is 24.3 Å². The van der Waals surface area contributed by atoms with Gasteiger partial charge in [-0.15, -0.1) is 0 Å². The third-order valence-corrected chi connectivity index (χ3v) is 6.18. The van der Waals surface area contributed by atoms with Crippen LogP contribution in [0.5, 0.6) is 5.75 Å². The molecule has 4 rings (SSSR count). The fourth-order valence-corrected chi connectivity index (χ4v) is 4.53. The molecule has 3 aromatic rings. The van der Waals surface area contributed by atoms with Gasteiger partial charge in [0, 0.05) is 36.6 Å². The molecule has 0 saturated heterocycles. The number of phenolic OH excluding ortho intramolecular Hbond substituents is 1. The first-order chi connectivity index (χ1) is 15.3. The van der Waals surface area contributed by atoms with Gasteiger partial charge in [-0.1, -0.05) is 35.3 Å². The molecule has 0 radical (unpaired) electrons. The molecule has 9 heteroatoms. The average molecular weight is 474 g/mol. The largest absolute Gasteiger partial charge is 0.506 e. The van der Waals surface area contributed by atoms with E-state index in [9.17, 15) is 9.90 Å². The zero-order valence-electron chi connectivity index (χ0n) is 17.9. The lowest BCUT2D eigenvalue weighted by Gasteiger charge is -2.30. The Morgan fingerprint density at radius 1 is 1.06 bits per heavy atom. The Bertz CT molecular complexity index is 1150. The van der Waals surface area contributed by atoms with Crippen LogP contribution in [-0.4, -0.2) is 47.2 Å². The Hall–Kier alpha value is -2.77. The summed E-state index contributed by atoms with van der Waals surface area (Å²) in [6.07, 6.45) is 3.32. The predicted molar refractivity (Wildman–Crippen MR) is 129 cm³/mol. The van der Waals surface area contributed by atoms with Gasteiger partial charge in [0.1, 0.15) is 11.6 Å². The minimum absolute atomic E-state index is 0.00700. The first-order valence-corrected chi connectivity index (χ1v) is 11.3. The first-order valence-electron chi connectivity index (χ1n) is 10.5. The molecule has 1 aliphatic rings. The lowest BCUT2D eigenvalue weighted by molar-refractivity contribution is 0.0924. The summed E-state index contributed by atoms with van der Waals surface area (Å²) in [5.74, 6) is 0.850. The van der Waals surface area contributed by atoms with Gasteiger partial charge in [0.05, 0.1) is 16.1 Å². The Balaban J connectivity index is 1.39. The van der Waals surface area contributed by atoms with E-state index in [-0.39, 0.29) is 34.3 Å². The van der Waals surface area contributed by atoms with Crippen molar-refractivity contribution in [3.63, 3.8) is 0 Å². The van der Waals surface area contributed by atoms with E-state index in [0.717, 1.165) is 42.4 Å². The minimum Gasteiger partial charge on any atom is -0.506 e. The van der Waals surface area contributed by atoms with Crippen molar-refractivity contribution in [3.05, 3.63) is 52.0 Å².